The fourth-order valence-electron chi connectivity index (χ4n) is 3.08. The second kappa shape index (κ2) is 11.7. The van der Waals surface area contributed by atoms with Crippen molar-refractivity contribution in [2.45, 2.75) is 52.6 Å². The van der Waals surface area contributed by atoms with Crippen molar-refractivity contribution in [2.75, 3.05) is 13.2 Å². The van der Waals surface area contributed by atoms with Crippen LogP contribution in [0.5, 0.6) is 5.75 Å². The van der Waals surface area contributed by atoms with E-state index < -0.39 is 6.04 Å². The molecule has 162 valence electrons. The molecule has 0 aliphatic rings. The lowest BCUT2D eigenvalue weighted by Gasteiger charge is -2.29. The summed E-state index contributed by atoms with van der Waals surface area (Å²) in [5.41, 5.74) is 2.30. The van der Waals surface area contributed by atoms with Crippen LogP contribution in [0.4, 0.5) is 0 Å². The molecule has 0 radical (unpaired) electrons. The van der Waals surface area contributed by atoms with Gasteiger partial charge in [0.05, 0.1) is 4.47 Å². The first-order valence-electron chi connectivity index (χ1n) is 10.4. The van der Waals surface area contributed by atoms with Gasteiger partial charge in [-0.05, 0) is 72.8 Å². The molecule has 0 aromatic heterocycles. The fourth-order valence-corrected chi connectivity index (χ4v) is 3.62. The van der Waals surface area contributed by atoms with Crippen LogP contribution in [-0.4, -0.2) is 41.9 Å². The van der Waals surface area contributed by atoms with Gasteiger partial charge in [-0.3, -0.25) is 9.59 Å². The molecular weight excluding hydrogens is 444 g/mol. The maximum absolute atomic E-state index is 13.0. The molecule has 2 rings (SSSR count). The molecule has 0 saturated carbocycles. The van der Waals surface area contributed by atoms with Crippen molar-refractivity contribution in [2.24, 2.45) is 0 Å². The second-order valence-corrected chi connectivity index (χ2v) is 8.42. The minimum absolute atomic E-state index is 0.00955. The van der Waals surface area contributed by atoms with Crippen LogP contribution in [0.25, 0.3) is 0 Å². The van der Waals surface area contributed by atoms with E-state index in [1.54, 1.807) is 11.8 Å². The van der Waals surface area contributed by atoms with Gasteiger partial charge in [-0.1, -0.05) is 43.3 Å². The molecule has 2 aromatic carbocycles. The minimum Gasteiger partial charge on any atom is -0.483 e. The molecule has 0 saturated heterocycles. The zero-order valence-corrected chi connectivity index (χ0v) is 19.7. The van der Waals surface area contributed by atoms with Crippen molar-refractivity contribution in [1.82, 2.24) is 10.2 Å². The molecule has 2 amide bonds. The zero-order valence-electron chi connectivity index (χ0n) is 18.2. The SMILES string of the molecule is CCc1ccc(OCC(=O)N(CCc2ccccc2)[C@@H](C)C(=O)NC(C)C)c(Br)c1. The summed E-state index contributed by atoms with van der Waals surface area (Å²) >= 11 is 3.50. The number of hydrogen-bond donors (Lipinski definition) is 1. The monoisotopic (exact) mass is 474 g/mol. The van der Waals surface area contributed by atoms with Crippen LogP contribution in [-0.2, 0) is 22.4 Å². The Labute approximate surface area is 187 Å². The Morgan fingerprint density at radius 1 is 1.07 bits per heavy atom. The summed E-state index contributed by atoms with van der Waals surface area (Å²) in [6.45, 7) is 7.96. The topological polar surface area (TPSA) is 58.6 Å². The van der Waals surface area contributed by atoms with Gasteiger partial charge >= 0.3 is 0 Å². The van der Waals surface area contributed by atoms with Crippen molar-refractivity contribution in [1.29, 1.82) is 0 Å². The van der Waals surface area contributed by atoms with Crippen molar-refractivity contribution in [3.63, 3.8) is 0 Å². The first-order valence-corrected chi connectivity index (χ1v) is 11.2. The number of amides is 2. The standard InChI is InChI=1S/C24H31BrN2O3/c1-5-19-11-12-22(21(25)15-19)30-16-23(28)27(18(4)24(29)26-17(2)3)14-13-20-9-7-6-8-10-20/h6-12,15,17-18H,5,13-14,16H2,1-4H3,(H,26,29)/t18-/m0/s1. The second-order valence-electron chi connectivity index (χ2n) is 7.57. The largest absolute Gasteiger partial charge is 0.483 e. The summed E-state index contributed by atoms with van der Waals surface area (Å²) < 4.78 is 6.59. The van der Waals surface area contributed by atoms with E-state index in [0.29, 0.717) is 18.7 Å². The Balaban J connectivity index is 2.09. The molecule has 0 aliphatic carbocycles. The molecule has 2 aromatic rings. The summed E-state index contributed by atoms with van der Waals surface area (Å²) in [7, 11) is 0. The highest BCUT2D eigenvalue weighted by atomic mass is 79.9. The Morgan fingerprint density at radius 2 is 1.77 bits per heavy atom. The summed E-state index contributed by atoms with van der Waals surface area (Å²) in [5.74, 6) is 0.228. The van der Waals surface area contributed by atoms with E-state index in [9.17, 15) is 9.59 Å². The lowest BCUT2D eigenvalue weighted by atomic mass is 10.1. The van der Waals surface area contributed by atoms with Gasteiger partial charge in [-0.2, -0.15) is 0 Å². The number of aryl methyl sites for hydroxylation is 1. The predicted octanol–water partition coefficient (Wildman–Crippen LogP) is 4.37. The normalized spacial score (nSPS) is 11.8. The molecule has 1 atom stereocenters. The van der Waals surface area contributed by atoms with Gasteiger partial charge in [-0.25, -0.2) is 0 Å². The maximum Gasteiger partial charge on any atom is 0.261 e. The van der Waals surface area contributed by atoms with E-state index in [4.69, 9.17) is 4.74 Å². The Morgan fingerprint density at radius 3 is 2.37 bits per heavy atom. The van der Waals surface area contributed by atoms with Crippen LogP contribution in [0.1, 0.15) is 38.8 Å². The quantitative estimate of drug-likeness (QED) is 0.555. The first-order chi connectivity index (χ1) is 14.3. The number of carbonyl (C=O) groups is 2. The first kappa shape index (κ1) is 23.9. The molecule has 0 heterocycles. The smallest absolute Gasteiger partial charge is 0.261 e. The number of nitrogens with one attached hydrogen (secondary N) is 1. The third kappa shape index (κ3) is 7.17. The molecule has 0 spiro atoms. The Kier molecular flexibility index (Phi) is 9.37. The van der Waals surface area contributed by atoms with Gasteiger partial charge in [0.1, 0.15) is 11.8 Å². The number of ether oxygens (including phenoxy) is 1. The molecule has 5 nitrogen and oxygen atoms in total. The zero-order chi connectivity index (χ0) is 22.1. The van der Waals surface area contributed by atoms with Crippen LogP contribution < -0.4 is 10.1 Å². The van der Waals surface area contributed by atoms with E-state index in [0.717, 1.165) is 16.5 Å². The van der Waals surface area contributed by atoms with Gasteiger partial charge in [0.25, 0.3) is 5.91 Å². The van der Waals surface area contributed by atoms with Crippen molar-refractivity contribution >= 4 is 27.7 Å². The van der Waals surface area contributed by atoms with Crippen LogP contribution in [0.15, 0.2) is 53.0 Å². The Hall–Kier alpha value is -2.34. The van der Waals surface area contributed by atoms with Crippen LogP contribution in [0.2, 0.25) is 0 Å². The predicted molar refractivity (Wildman–Crippen MR) is 124 cm³/mol. The average molecular weight is 475 g/mol. The van der Waals surface area contributed by atoms with E-state index in [-0.39, 0.29) is 24.5 Å². The third-order valence-corrected chi connectivity index (χ3v) is 5.46. The molecule has 0 bridgehead atoms. The molecule has 30 heavy (non-hydrogen) atoms. The van der Waals surface area contributed by atoms with Crippen molar-refractivity contribution < 1.29 is 14.3 Å². The number of rotatable bonds is 10. The summed E-state index contributed by atoms with van der Waals surface area (Å²) in [6, 6.07) is 15.2. The van der Waals surface area contributed by atoms with Crippen LogP contribution in [0, 0.1) is 0 Å². The average Bonchev–Trinajstić information content (AvgIpc) is 2.73. The number of hydrogen-bond acceptors (Lipinski definition) is 3. The van der Waals surface area contributed by atoms with Crippen LogP contribution >= 0.6 is 15.9 Å². The van der Waals surface area contributed by atoms with Gasteiger partial charge in [-0.15, -0.1) is 0 Å². The highest BCUT2D eigenvalue weighted by molar-refractivity contribution is 9.10. The number of carbonyl (C=O) groups excluding carboxylic acids is 2. The van der Waals surface area contributed by atoms with Crippen molar-refractivity contribution in [3.05, 3.63) is 64.1 Å². The van der Waals surface area contributed by atoms with Gasteiger partial charge in [0, 0.05) is 12.6 Å². The number of nitrogens with zero attached hydrogens (tertiary/aromatic N) is 1. The molecular formula is C24H31BrN2O3. The van der Waals surface area contributed by atoms with Crippen molar-refractivity contribution in [3.8, 4) is 5.75 Å². The number of benzene rings is 2. The van der Waals surface area contributed by atoms with Gasteiger partial charge in [0.2, 0.25) is 5.91 Å². The number of halogens is 1. The lowest BCUT2D eigenvalue weighted by molar-refractivity contribution is -0.141. The fraction of sp³-hybridized carbons (Fsp3) is 0.417. The molecule has 0 unspecified atom stereocenters. The molecule has 0 aliphatic heterocycles. The third-order valence-electron chi connectivity index (χ3n) is 4.84. The summed E-state index contributed by atoms with van der Waals surface area (Å²) in [6.07, 6.45) is 1.59. The Bertz CT molecular complexity index is 840. The lowest BCUT2D eigenvalue weighted by Crippen LogP contribution is -2.51. The highest BCUT2D eigenvalue weighted by Crippen LogP contribution is 2.26. The minimum atomic E-state index is -0.585. The molecule has 0 fully saturated rings. The highest BCUT2D eigenvalue weighted by Gasteiger charge is 2.26. The van der Waals surface area contributed by atoms with Gasteiger partial charge in [0.15, 0.2) is 6.61 Å². The van der Waals surface area contributed by atoms with E-state index in [2.05, 4.69) is 28.2 Å². The van der Waals surface area contributed by atoms with E-state index >= 15 is 0 Å². The van der Waals surface area contributed by atoms with E-state index in [1.165, 1.54) is 5.56 Å². The molecule has 6 heteroatoms. The maximum atomic E-state index is 13.0. The van der Waals surface area contributed by atoms with Crippen LogP contribution in [0.3, 0.4) is 0 Å². The van der Waals surface area contributed by atoms with E-state index in [1.807, 2.05) is 62.4 Å². The molecule has 1 N–H and O–H groups in total. The summed E-state index contributed by atoms with van der Waals surface area (Å²) in [5, 5.41) is 2.89. The van der Waals surface area contributed by atoms with Gasteiger partial charge < -0.3 is 15.0 Å². The summed E-state index contributed by atoms with van der Waals surface area (Å²) in [4.78, 5) is 27.2.